The molecule has 3 aromatic rings. The number of nitrogens with zero attached hydrogens (tertiary/aromatic N) is 1. The maximum Gasteiger partial charge on any atom is 0.152 e. The Kier molecular flexibility index (Phi) is 6.92. The lowest BCUT2D eigenvalue weighted by Crippen LogP contribution is -2.21. The molecule has 0 saturated heterocycles. The van der Waals surface area contributed by atoms with Crippen LogP contribution in [-0.2, 0) is 0 Å². The van der Waals surface area contributed by atoms with Gasteiger partial charge in [-0.2, -0.15) is 0 Å². The maximum atomic E-state index is 13.5. The van der Waals surface area contributed by atoms with E-state index in [-0.39, 0.29) is 11.7 Å². The number of aldehydes is 1. The summed E-state index contributed by atoms with van der Waals surface area (Å²) >= 11 is 0. The number of nitrogens with one attached hydrogen (secondary N) is 1. The first-order valence-electron chi connectivity index (χ1n) is 9.35. The molecular formula is C23H23FN2O3. The van der Waals surface area contributed by atoms with Crippen LogP contribution in [-0.4, -0.2) is 36.6 Å². The summed E-state index contributed by atoms with van der Waals surface area (Å²) in [6.45, 7) is 1.31. The Morgan fingerprint density at radius 3 is 2.83 bits per heavy atom. The highest BCUT2D eigenvalue weighted by Crippen LogP contribution is 2.37. The summed E-state index contributed by atoms with van der Waals surface area (Å²) in [4.78, 5) is 15.2. The average Bonchev–Trinajstić information content (AvgIpc) is 2.78. The third-order valence-electron chi connectivity index (χ3n) is 4.86. The first-order valence-corrected chi connectivity index (χ1v) is 9.35. The van der Waals surface area contributed by atoms with Crippen LogP contribution < -0.4 is 10.1 Å². The quantitative estimate of drug-likeness (QED) is 0.632. The number of aliphatic hydroxyl groups is 1. The zero-order valence-corrected chi connectivity index (χ0v) is 16.1. The number of fused-ring (bicyclic) bond motifs is 1. The Morgan fingerprint density at radius 2 is 2.03 bits per heavy atom. The van der Waals surface area contributed by atoms with Gasteiger partial charge < -0.3 is 15.2 Å². The van der Waals surface area contributed by atoms with Crippen LogP contribution >= 0.6 is 0 Å². The molecular weight excluding hydrogens is 371 g/mol. The summed E-state index contributed by atoms with van der Waals surface area (Å²) in [5.74, 6) is 0.835. The summed E-state index contributed by atoms with van der Waals surface area (Å²) in [5.41, 5.74) is 4.20. The fraction of sp³-hybridized carbons (Fsp3) is 0.217. The predicted octanol–water partition coefficient (Wildman–Crippen LogP) is 4.29. The molecule has 2 N–H and O–H groups in total. The Hall–Kier alpha value is -3.25. The SMILES string of the molecule is CO.O=Cc1ccncc1NCC1CCOc2cc(-c3cccc(F)c3)ccc21. The molecule has 0 amide bonds. The molecule has 1 unspecified atom stereocenters. The number of carbonyl (C=O) groups excluding carboxylic acids is 1. The number of hydrogen-bond donors (Lipinski definition) is 2. The van der Waals surface area contributed by atoms with Crippen LogP contribution in [0.1, 0.15) is 28.3 Å². The summed E-state index contributed by atoms with van der Waals surface area (Å²) < 4.78 is 19.4. The molecule has 29 heavy (non-hydrogen) atoms. The van der Waals surface area contributed by atoms with Gasteiger partial charge in [0.25, 0.3) is 0 Å². The zero-order chi connectivity index (χ0) is 20.6. The van der Waals surface area contributed by atoms with E-state index in [0.29, 0.717) is 18.7 Å². The second-order valence-electron chi connectivity index (χ2n) is 6.56. The van der Waals surface area contributed by atoms with Gasteiger partial charge in [-0.25, -0.2) is 4.39 Å². The third kappa shape index (κ3) is 4.78. The molecule has 1 aliphatic rings. The van der Waals surface area contributed by atoms with Gasteiger partial charge in [-0.3, -0.25) is 9.78 Å². The van der Waals surface area contributed by atoms with E-state index in [0.717, 1.165) is 47.9 Å². The molecule has 150 valence electrons. The van der Waals surface area contributed by atoms with Crippen molar-refractivity contribution >= 4 is 12.0 Å². The molecule has 4 rings (SSSR count). The fourth-order valence-corrected chi connectivity index (χ4v) is 3.41. The minimum atomic E-state index is -0.254. The van der Waals surface area contributed by atoms with Crippen molar-refractivity contribution in [3.63, 3.8) is 0 Å². The first kappa shape index (κ1) is 20.5. The van der Waals surface area contributed by atoms with Crippen LogP contribution in [0, 0.1) is 5.82 Å². The second-order valence-corrected chi connectivity index (χ2v) is 6.56. The van der Waals surface area contributed by atoms with Crippen molar-refractivity contribution in [2.75, 3.05) is 25.6 Å². The fourth-order valence-electron chi connectivity index (χ4n) is 3.41. The van der Waals surface area contributed by atoms with Gasteiger partial charge in [-0.05, 0) is 47.4 Å². The number of anilines is 1. The smallest absolute Gasteiger partial charge is 0.152 e. The molecule has 2 heterocycles. The van der Waals surface area contributed by atoms with Crippen molar-refractivity contribution in [1.29, 1.82) is 0 Å². The van der Waals surface area contributed by atoms with Crippen molar-refractivity contribution in [2.45, 2.75) is 12.3 Å². The van der Waals surface area contributed by atoms with Crippen LogP contribution in [0.25, 0.3) is 11.1 Å². The van der Waals surface area contributed by atoms with E-state index in [9.17, 15) is 9.18 Å². The van der Waals surface area contributed by atoms with E-state index in [1.165, 1.54) is 12.1 Å². The first-order chi connectivity index (χ1) is 14.2. The molecule has 6 heteroatoms. The average molecular weight is 394 g/mol. The van der Waals surface area contributed by atoms with Crippen LogP contribution in [0.15, 0.2) is 60.9 Å². The van der Waals surface area contributed by atoms with Gasteiger partial charge >= 0.3 is 0 Å². The number of halogens is 1. The predicted molar refractivity (Wildman–Crippen MR) is 111 cm³/mol. The van der Waals surface area contributed by atoms with E-state index >= 15 is 0 Å². The van der Waals surface area contributed by atoms with Crippen LogP contribution in [0.3, 0.4) is 0 Å². The summed E-state index contributed by atoms with van der Waals surface area (Å²) in [5, 5.41) is 10.3. The molecule has 1 aliphatic heterocycles. The topological polar surface area (TPSA) is 71.5 Å². The molecule has 0 fully saturated rings. The summed E-state index contributed by atoms with van der Waals surface area (Å²) in [7, 11) is 1.00. The molecule has 2 aromatic carbocycles. The molecule has 1 aromatic heterocycles. The van der Waals surface area contributed by atoms with Crippen molar-refractivity contribution < 1.29 is 19.0 Å². The second kappa shape index (κ2) is 9.80. The Labute approximate surface area is 169 Å². The minimum absolute atomic E-state index is 0.254. The highest BCUT2D eigenvalue weighted by molar-refractivity contribution is 5.83. The number of pyridine rings is 1. The molecule has 0 radical (unpaired) electrons. The molecule has 5 nitrogen and oxygen atoms in total. The lowest BCUT2D eigenvalue weighted by molar-refractivity contribution is 0.112. The third-order valence-corrected chi connectivity index (χ3v) is 4.86. The molecule has 1 atom stereocenters. The number of aromatic nitrogens is 1. The van der Waals surface area contributed by atoms with Gasteiger partial charge in [0, 0.05) is 31.3 Å². The number of carbonyl (C=O) groups is 1. The molecule has 0 aliphatic carbocycles. The van der Waals surface area contributed by atoms with Crippen LogP contribution in [0.5, 0.6) is 5.75 Å². The zero-order valence-electron chi connectivity index (χ0n) is 16.1. The van der Waals surface area contributed by atoms with Gasteiger partial charge in [0.05, 0.1) is 18.5 Å². The molecule has 0 spiro atoms. The number of rotatable bonds is 5. The number of hydrogen-bond acceptors (Lipinski definition) is 5. The van der Waals surface area contributed by atoms with E-state index in [1.54, 1.807) is 24.5 Å². The van der Waals surface area contributed by atoms with E-state index < -0.39 is 0 Å². The monoisotopic (exact) mass is 394 g/mol. The summed E-state index contributed by atoms with van der Waals surface area (Å²) in [6, 6.07) is 14.3. The van der Waals surface area contributed by atoms with Crippen molar-refractivity contribution in [1.82, 2.24) is 4.98 Å². The number of benzene rings is 2. The van der Waals surface area contributed by atoms with Gasteiger partial charge in [0.1, 0.15) is 11.6 Å². The lowest BCUT2D eigenvalue weighted by Gasteiger charge is -2.27. The lowest BCUT2D eigenvalue weighted by atomic mass is 9.91. The summed E-state index contributed by atoms with van der Waals surface area (Å²) in [6.07, 6.45) is 4.98. The largest absolute Gasteiger partial charge is 0.493 e. The van der Waals surface area contributed by atoms with Crippen molar-refractivity contribution in [3.8, 4) is 16.9 Å². The standard InChI is InChI=1S/C22H19FN2O2.CH4O/c23-19-3-1-2-15(10-19)16-4-5-20-17(7-9-27-22(20)11-16)12-25-21-13-24-8-6-18(21)14-26;1-2/h1-6,8,10-11,13-14,17,25H,7,9,12H2;2H,1H3. The minimum Gasteiger partial charge on any atom is -0.493 e. The molecule has 0 saturated carbocycles. The van der Waals surface area contributed by atoms with Crippen LogP contribution in [0.4, 0.5) is 10.1 Å². The van der Waals surface area contributed by atoms with Crippen molar-refractivity contribution in [3.05, 3.63) is 77.9 Å². The highest BCUT2D eigenvalue weighted by Gasteiger charge is 2.22. The van der Waals surface area contributed by atoms with E-state index in [4.69, 9.17) is 9.84 Å². The normalized spacial score (nSPS) is 14.7. The highest BCUT2D eigenvalue weighted by atomic mass is 19.1. The van der Waals surface area contributed by atoms with Gasteiger partial charge in [-0.1, -0.05) is 24.3 Å². The maximum absolute atomic E-state index is 13.5. The van der Waals surface area contributed by atoms with Gasteiger partial charge in [0.2, 0.25) is 0 Å². The van der Waals surface area contributed by atoms with Gasteiger partial charge in [0.15, 0.2) is 6.29 Å². The van der Waals surface area contributed by atoms with Gasteiger partial charge in [-0.15, -0.1) is 0 Å². The Morgan fingerprint density at radius 1 is 1.21 bits per heavy atom. The van der Waals surface area contributed by atoms with E-state index in [1.807, 2.05) is 24.3 Å². The van der Waals surface area contributed by atoms with Crippen molar-refractivity contribution in [2.24, 2.45) is 0 Å². The Balaban J connectivity index is 0.00000117. The number of ether oxygens (including phenoxy) is 1. The Bertz CT molecular complexity index is 978. The van der Waals surface area contributed by atoms with E-state index in [2.05, 4.69) is 10.3 Å². The number of aliphatic hydroxyl groups excluding tert-OH is 1. The van der Waals surface area contributed by atoms with Crippen LogP contribution in [0.2, 0.25) is 0 Å². The molecule has 0 bridgehead atoms.